The van der Waals surface area contributed by atoms with E-state index in [4.69, 9.17) is 9.40 Å². The lowest BCUT2D eigenvalue weighted by atomic mass is 10.0. The number of hydrogen-bond donors (Lipinski definition) is 2. The average molecular weight is 423 g/mol. The molecule has 1 unspecified atom stereocenters. The fourth-order valence-corrected chi connectivity index (χ4v) is 4.19. The fourth-order valence-electron chi connectivity index (χ4n) is 4.19. The van der Waals surface area contributed by atoms with E-state index in [-0.39, 0.29) is 6.54 Å². The Labute approximate surface area is 180 Å². The zero-order valence-electron chi connectivity index (χ0n) is 17.4. The molecule has 31 heavy (non-hydrogen) atoms. The number of furan rings is 1. The monoisotopic (exact) mass is 423 g/mol. The maximum absolute atomic E-state index is 12.4. The number of aliphatic hydroxyl groups is 1. The van der Waals surface area contributed by atoms with Gasteiger partial charge in [-0.25, -0.2) is 4.98 Å². The van der Waals surface area contributed by atoms with Crippen LogP contribution in [0.15, 0.2) is 22.8 Å². The number of nitriles is 1. The summed E-state index contributed by atoms with van der Waals surface area (Å²) in [7, 11) is 0. The molecule has 1 saturated heterocycles. The number of anilines is 1. The standard InChI is InChI=1S/C22H25N5O4/c1-14(28)13-24-21(29)22(30)27-9-7-26(8-10-27)20-17(12-23)15-4-2-5-16(15)19(25-20)18-6-3-11-31-18/h3,6,11,14,28H,2,4-5,7-10,13H2,1H3,(H,24,29). The van der Waals surface area contributed by atoms with Crippen LogP contribution in [0.5, 0.6) is 0 Å². The van der Waals surface area contributed by atoms with Crippen molar-refractivity contribution in [1.82, 2.24) is 15.2 Å². The van der Waals surface area contributed by atoms with Gasteiger partial charge in [0.15, 0.2) is 5.76 Å². The number of nitrogens with one attached hydrogen (secondary N) is 1. The quantitative estimate of drug-likeness (QED) is 0.699. The van der Waals surface area contributed by atoms with E-state index in [0.717, 1.165) is 36.1 Å². The lowest BCUT2D eigenvalue weighted by molar-refractivity contribution is -0.146. The van der Waals surface area contributed by atoms with Crippen LogP contribution in [0, 0.1) is 11.3 Å². The minimum Gasteiger partial charge on any atom is -0.463 e. The topological polar surface area (TPSA) is 123 Å². The van der Waals surface area contributed by atoms with Crippen LogP contribution in [0.25, 0.3) is 11.5 Å². The molecule has 1 atom stereocenters. The minimum absolute atomic E-state index is 0.0324. The normalized spacial score (nSPS) is 16.5. The van der Waals surface area contributed by atoms with Gasteiger partial charge in [0.1, 0.15) is 17.6 Å². The summed E-state index contributed by atoms with van der Waals surface area (Å²) in [5, 5.41) is 21.6. The maximum Gasteiger partial charge on any atom is 0.312 e. The zero-order chi connectivity index (χ0) is 22.0. The number of rotatable bonds is 4. The van der Waals surface area contributed by atoms with Gasteiger partial charge in [-0.05, 0) is 49.4 Å². The SMILES string of the molecule is CC(O)CNC(=O)C(=O)N1CCN(c2nc(-c3ccco3)c3c(c2C#N)CCC3)CC1. The van der Waals surface area contributed by atoms with Crippen LogP contribution in [0.3, 0.4) is 0 Å². The van der Waals surface area contributed by atoms with E-state index in [1.165, 1.54) is 11.8 Å². The van der Waals surface area contributed by atoms with Crippen LogP contribution in [-0.2, 0) is 22.4 Å². The lowest BCUT2D eigenvalue weighted by Crippen LogP contribution is -2.53. The molecular weight excluding hydrogens is 398 g/mol. The largest absolute Gasteiger partial charge is 0.463 e. The molecule has 0 radical (unpaired) electrons. The Balaban J connectivity index is 1.54. The molecule has 9 nitrogen and oxygen atoms in total. The highest BCUT2D eigenvalue weighted by atomic mass is 16.3. The number of hydrogen-bond acceptors (Lipinski definition) is 7. The predicted octanol–water partition coefficient (Wildman–Crippen LogP) is 0.848. The number of aromatic nitrogens is 1. The Morgan fingerprint density at radius 3 is 2.68 bits per heavy atom. The van der Waals surface area contributed by atoms with E-state index in [1.807, 2.05) is 17.0 Å². The highest BCUT2D eigenvalue weighted by molar-refractivity contribution is 6.35. The first-order valence-corrected chi connectivity index (χ1v) is 10.5. The molecule has 4 rings (SSSR count). The molecule has 3 heterocycles. The molecule has 2 aromatic heterocycles. The Morgan fingerprint density at radius 2 is 2.03 bits per heavy atom. The van der Waals surface area contributed by atoms with Gasteiger partial charge in [0, 0.05) is 32.7 Å². The maximum atomic E-state index is 12.4. The molecule has 9 heteroatoms. The first-order valence-electron chi connectivity index (χ1n) is 10.5. The van der Waals surface area contributed by atoms with Gasteiger partial charge in [-0.2, -0.15) is 5.26 Å². The molecule has 2 aliphatic rings. The highest BCUT2D eigenvalue weighted by Crippen LogP contribution is 2.37. The van der Waals surface area contributed by atoms with Gasteiger partial charge in [-0.3, -0.25) is 9.59 Å². The molecule has 2 aromatic rings. The molecule has 1 fully saturated rings. The van der Waals surface area contributed by atoms with Crippen molar-refractivity contribution in [3.05, 3.63) is 35.1 Å². The molecule has 2 amide bonds. The van der Waals surface area contributed by atoms with Gasteiger partial charge in [0.25, 0.3) is 0 Å². The molecule has 1 aliphatic heterocycles. The van der Waals surface area contributed by atoms with E-state index in [2.05, 4.69) is 11.4 Å². The van der Waals surface area contributed by atoms with Crippen molar-refractivity contribution in [2.75, 3.05) is 37.6 Å². The van der Waals surface area contributed by atoms with Crippen molar-refractivity contribution in [2.24, 2.45) is 0 Å². The summed E-state index contributed by atoms with van der Waals surface area (Å²) in [6.45, 7) is 3.20. The summed E-state index contributed by atoms with van der Waals surface area (Å²) < 4.78 is 5.60. The number of pyridine rings is 1. The first kappa shape index (κ1) is 20.9. The number of piperazine rings is 1. The minimum atomic E-state index is -0.720. The van der Waals surface area contributed by atoms with Gasteiger partial charge >= 0.3 is 11.8 Å². The van der Waals surface area contributed by atoms with E-state index >= 15 is 0 Å². The Morgan fingerprint density at radius 1 is 1.29 bits per heavy atom. The van der Waals surface area contributed by atoms with E-state index in [0.29, 0.717) is 43.3 Å². The number of aliphatic hydroxyl groups excluding tert-OH is 1. The number of fused-ring (bicyclic) bond motifs is 1. The average Bonchev–Trinajstić information content (AvgIpc) is 3.48. The third-order valence-electron chi connectivity index (χ3n) is 5.73. The van der Waals surface area contributed by atoms with Crippen LogP contribution in [0.1, 0.15) is 30.0 Å². The number of carbonyl (C=O) groups is 2. The molecule has 2 N–H and O–H groups in total. The lowest BCUT2D eigenvalue weighted by Gasteiger charge is -2.35. The highest BCUT2D eigenvalue weighted by Gasteiger charge is 2.31. The first-order chi connectivity index (χ1) is 15.0. The molecule has 0 aromatic carbocycles. The van der Waals surface area contributed by atoms with Crippen molar-refractivity contribution in [3.63, 3.8) is 0 Å². The van der Waals surface area contributed by atoms with Gasteiger partial charge in [-0.1, -0.05) is 0 Å². The van der Waals surface area contributed by atoms with Crippen LogP contribution < -0.4 is 10.2 Å². The summed E-state index contributed by atoms with van der Waals surface area (Å²) in [4.78, 5) is 32.7. The van der Waals surface area contributed by atoms with Gasteiger partial charge in [0.05, 0.1) is 17.9 Å². The van der Waals surface area contributed by atoms with Crippen molar-refractivity contribution in [3.8, 4) is 17.5 Å². The number of nitrogens with zero attached hydrogens (tertiary/aromatic N) is 4. The second-order valence-electron chi connectivity index (χ2n) is 7.90. The second kappa shape index (κ2) is 8.78. The summed E-state index contributed by atoms with van der Waals surface area (Å²) in [6, 6.07) is 6.04. The van der Waals surface area contributed by atoms with Crippen LogP contribution >= 0.6 is 0 Å². The van der Waals surface area contributed by atoms with Gasteiger partial charge < -0.3 is 24.6 Å². The van der Waals surface area contributed by atoms with Crippen LogP contribution in [0.4, 0.5) is 5.82 Å². The Bertz CT molecular complexity index is 1020. The molecule has 0 bridgehead atoms. The van der Waals surface area contributed by atoms with Crippen molar-refractivity contribution in [2.45, 2.75) is 32.3 Å². The fraction of sp³-hybridized carbons (Fsp3) is 0.455. The van der Waals surface area contributed by atoms with Crippen LogP contribution in [-0.4, -0.2) is 65.6 Å². The summed E-state index contributed by atoms with van der Waals surface area (Å²) in [5.74, 6) is -0.0329. The van der Waals surface area contributed by atoms with E-state index < -0.39 is 17.9 Å². The summed E-state index contributed by atoms with van der Waals surface area (Å²) in [6.07, 6.45) is 3.59. The molecule has 162 valence electrons. The third-order valence-corrected chi connectivity index (χ3v) is 5.73. The molecule has 1 aliphatic carbocycles. The van der Waals surface area contributed by atoms with E-state index in [9.17, 15) is 20.0 Å². The van der Waals surface area contributed by atoms with Crippen molar-refractivity contribution >= 4 is 17.6 Å². The predicted molar refractivity (Wildman–Crippen MR) is 112 cm³/mol. The molecule has 0 spiro atoms. The van der Waals surface area contributed by atoms with Crippen molar-refractivity contribution in [1.29, 1.82) is 5.26 Å². The number of carbonyl (C=O) groups excluding carboxylic acids is 2. The number of amides is 2. The van der Waals surface area contributed by atoms with Gasteiger partial charge in [-0.15, -0.1) is 0 Å². The summed E-state index contributed by atoms with van der Waals surface area (Å²) >= 11 is 0. The van der Waals surface area contributed by atoms with Crippen molar-refractivity contribution < 1.29 is 19.1 Å². The third kappa shape index (κ3) is 4.11. The summed E-state index contributed by atoms with van der Waals surface area (Å²) in [5.41, 5.74) is 3.49. The Kier molecular flexibility index (Phi) is 5.91. The molecule has 0 saturated carbocycles. The van der Waals surface area contributed by atoms with Gasteiger partial charge in [0.2, 0.25) is 0 Å². The molecular formula is C22H25N5O4. The smallest absolute Gasteiger partial charge is 0.312 e. The zero-order valence-corrected chi connectivity index (χ0v) is 17.4. The van der Waals surface area contributed by atoms with E-state index in [1.54, 1.807) is 6.26 Å². The second-order valence-corrected chi connectivity index (χ2v) is 7.90. The van der Waals surface area contributed by atoms with Crippen LogP contribution in [0.2, 0.25) is 0 Å². The Hall–Kier alpha value is -3.38.